The molecule has 5 heteroatoms. The summed E-state index contributed by atoms with van der Waals surface area (Å²) in [4.78, 5) is 12.1. The number of carbonyl (C=O) groups excluding carboxylic acids is 1. The maximum absolute atomic E-state index is 12.1. The van der Waals surface area contributed by atoms with E-state index in [1.807, 2.05) is 24.3 Å². The van der Waals surface area contributed by atoms with Crippen molar-refractivity contribution in [3.8, 4) is 0 Å². The SMILES string of the molecule is O=C(NC1CCNC1)c1n[nH]c2ccccc12. The van der Waals surface area contributed by atoms with Gasteiger partial charge >= 0.3 is 0 Å². The number of nitrogens with zero attached hydrogens (tertiary/aromatic N) is 1. The molecule has 1 aliphatic heterocycles. The van der Waals surface area contributed by atoms with Gasteiger partial charge in [0.1, 0.15) is 0 Å². The monoisotopic (exact) mass is 230 g/mol. The van der Waals surface area contributed by atoms with E-state index in [2.05, 4.69) is 20.8 Å². The Bertz CT molecular complexity index is 542. The van der Waals surface area contributed by atoms with Crippen molar-refractivity contribution in [2.24, 2.45) is 0 Å². The van der Waals surface area contributed by atoms with Crippen LogP contribution in [0, 0.1) is 0 Å². The summed E-state index contributed by atoms with van der Waals surface area (Å²) in [6.45, 7) is 1.81. The van der Waals surface area contributed by atoms with E-state index >= 15 is 0 Å². The second-order valence-electron chi connectivity index (χ2n) is 4.28. The molecule has 1 amide bonds. The highest BCUT2D eigenvalue weighted by Gasteiger charge is 2.20. The molecule has 17 heavy (non-hydrogen) atoms. The van der Waals surface area contributed by atoms with Crippen LogP contribution in [0.5, 0.6) is 0 Å². The number of fused-ring (bicyclic) bond motifs is 1. The van der Waals surface area contributed by atoms with Crippen LogP contribution in [0.1, 0.15) is 16.9 Å². The van der Waals surface area contributed by atoms with Gasteiger partial charge in [-0.05, 0) is 19.0 Å². The summed E-state index contributed by atoms with van der Waals surface area (Å²) in [7, 11) is 0. The molecule has 3 N–H and O–H groups in total. The molecule has 0 aliphatic carbocycles. The molecule has 1 aromatic heterocycles. The summed E-state index contributed by atoms with van der Waals surface area (Å²) in [5, 5.41) is 14.0. The fourth-order valence-corrected chi connectivity index (χ4v) is 2.17. The second kappa shape index (κ2) is 4.18. The van der Waals surface area contributed by atoms with Gasteiger partial charge in [-0.3, -0.25) is 9.89 Å². The number of amides is 1. The molecule has 3 rings (SSSR count). The van der Waals surface area contributed by atoms with Crippen LogP contribution < -0.4 is 10.6 Å². The molecule has 5 nitrogen and oxygen atoms in total. The first kappa shape index (κ1) is 10.3. The quantitative estimate of drug-likeness (QED) is 0.709. The minimum atomic E-state index is -0.101. The van der Waals surface area contributed by atoms with E-state index in [9.17, 15) is 4.79 Å². The summed E-state index contributed by atoms with van der Waals surface area (Å²) in [5.74, 6) is -0.101. The zero-order valence-electron chi connectivity index (χ0n) is 9.36. The summed E-state index contributed by atoms with van der Waals surface area (Å²) in [5.41, 5.74) is 1.37. The van der Waals surface area contributed by atoms with Crippen LogP contribution in [0.15, 0.2) is 24.3 Å². The van der Waals surface area contributed by atoms with Crippen LogP contribution in [0.25, 0.3) is 10.9 Å². The van der Waals surface area contributed by atoms with E-state index in [-0.39, 0.29) is 11.9 Å². The van der Waals surface area contributed by atoms with Gasteiger partial charge in [-0.1, -0.05) is 18.2 Å². The molecule has 2 heterocycles. The van der Waals surface area contributed by atoms with Gasteiger partial charge in [0.05, 0.1) is 5.52 Å². The molecule has 2 aromatic rings. The first-order valence-electron chi connectivity index (χ1n) is 5.79. The Morgan fingerprint density at radius 1 is 1.41 bits per heavy atom. The van der Waals surface area contributed by atoms with Crippen molar-refractivity contribution in [2.45, 2.75) is 12.5 Å². The van der Waals surface area contributed by atoms with Gasteiger partial charge in [0.25, 0.3) is 5.91 Å². The number of H-pyrrole nitrogens is 1. The molecule has 0 radical (unpaired) electrons. The predicted octanol–water partition coefficient (Wildman–Crippen LogP) is 0.655. The standard InChI is InChI=1S/C12H14N4O/c17-12(14-8-5-6-13-7-8)11-9-3-1-2-4-10(9)15-16-11/h1-4,8,13H,5-7H2,(H,14,17)(H,15,16). The molecule has 0 spiro atoms. The van der Waals surface area contributed by atoms with Gasteiger partial charge in [-0.2, -0.15) is 5.10 Å². The van der Waals surface area contributed by atoms with Crippen molar-refractivity contribution in [1.29, 1.82) is 0 Å². The Labute approximate surface area is 98.6 Å². The number of hydrogen-bond donors (Lipinski definition) is 3. The van der Waals surface area contributed by atoms with Crippen molar-refractivity contribution in [3.63, 3.8) is 0 Å². The number of carbonyl (C=O) groups is 1. The zero-order chi connectivity index (χ0) is 11.7. The van der Waals surface area contributed by atoms with E-state index < -0.39 is 0 Å². The maximum Gasteiger partial charge on any atom is 0.272 e. The van der Waals surface area contributed by atoms with Crippen molar-refractivity contribution in [2.75, 3.05) is 13.1 Å². The highest BCUT2D eigenvalue weighted by atomic mass is 16.2. The van der Waals surface area contributed by atoms with Crippen LogP contribution >= 0.6 is 0 Å². The van der Waals surface area contributed by atoms with Gasteiger partial charge in [0, 0.05) is 18.0 Å². The number of para-hydroxylation sites is 1. The lowest BCUT2D eigenvalue weighted by Gasteiger charge is -2.09. The molecular weight excluding hydrogens is 216 g/mol. The molecule has 1 unspecified atom stereocenters. The molecule has 1 aromatic carbocycles. The van der Waals surface area contributed by atoms with Gasteiger partial charge in [-0.25, -0.2) is 0 Å². The highest BCUT2D eigenvalue weighted by Crippen LogP contribution is 2.15. The number of nitrogens with one attached hydrogen (secondary N) is 3. The highest BCUT2D eigenvalue weighted by molar-refractivity contribution is 6.04. The second-order valence-corrected chi connectivity index (χ2v) is 4.28. The van der Waals surface area contributed by atoms with Crippen molar-refractivity contribution < 1.29 is 4.79 Å². The summed E-state index contributed by atoms with van der Waals surface area (Å²) < 4.78 is 0. The molecule has 1 atom stereocenters. The van der Waals surface area contributed by atoms with Crippen LogP contribution in [0.4, 0.5) is 0 Å². The van der Waals surface area contributed by atoms with Gasteiger partial charge in [0.2, 0.25) is 0 Å². The Morgan fingerprint density at radius 3 is 3.12 bits per heavy atom. The molecule has 88 valence electrons. The average Bonchev–Trinajstić information content (AvgIpc) is 2.96. The molecular formula is C12H14N4O. The van der Waals surface area contributed by atoms with Gasteiger partial charge in [0.15, 0.2) is 5.69 Å². The van der Waals surface area contributed by atoms with E-state index in [1.165, 1.54) is 0 Å². The maximum atomic E-state index is 12.1. The lowest BCUT2D eigenvalue weighted by Crippen LogP contribution is -2.36. The van der Waals surface area contributed by atoms with E-state index in [0.29, 0.717) is 5.69 Å². The predicted molar refractivity (Wildman–Crippen MR) is 64.8 cm³/mol. The Morgan fingerprint density at radius 2 is 2.29 bits per heavy atom. The van der Waals surface area contributed by atoms with E-state index in [4.69, 9.17) is 0 Å². The summed E-state index contributed by atoms with van der Waals surface area (Å²) in [6, 6.07) is 7.86. The number of hydrogen-bond acceptors (Lipinski definition) is 3. The molecule has 1 aliphatic rings. The molecule has 1 saturated heterocycles. The zero-order valence-corrected chi connectivity index (χ0v) is 9.36. The third-order valence-electron chi connectivity index (χ3n) is 3.08. The largest absolute Gasteiger partial charge is 0.347 e. The third kappa shape index (κ3) is 1.89. The van der Waals surface area contributed by atoms with E-state index in [1.54, 1.807) is 0 Å². The fraction of sp³-hybridized carbons (Fsp3) is 0.333. The third-order valence-corrected chi connectivity index (χ3v) is 3.08. The molecule has 1 fully saturated rings. The van der Waals surface area contributed by atoms with Crippen LogP contribution in [-0.2, 0) is 0 Å². The summed E-state index contributed by atoms with van der Waals surface area (Å²) >= 11 is 0. The van der Waals surface area contributed by atoms with Gasteiger partial charge in [-0.15, -0.1) is 0 Å². The molecule has 0 bridgehead atoms. The van der Waals surface area contributed by atoms with Crippen LogP contribution in [-0.4, -0.2) is 35.2 Å². The fourth-order valence-electron chi connectivity index (χ4n) is 2.17. The Balaban J connectivity index is 1.85. The van der Waals surface area contributed by atoms with Crippen LogP contribution in [0.3, 0.4) is 0 Å². The minimum Gasteiger partial charge on any atom is -0.347 e. The first-order chi connectivity index (χ1) is 8.34. The van der Waals surface area contributed by atoms with Gasteiger partial charge < -0.3 is 10.6 Å². The minimum absolute atomic E-state index is 0.101. The number of aromatic nitrogens is 2. The molecule has 0 saturated carbocycles. The first-order valence-corrected chi connectivity index (χ1v) is 5.79. The van der Waals surface area contributed by atoms with Crippen molar-refractivity contribution >= 4 is 16.8 Å². The topological polar surface area (TPSA) is 69.8 Å². The Hall–Kier alpha value is -1.88. The normalized spacial score (nSPS) is 19.6. The van der Waals surface area contributed by atoms with Crippen molar-refractivity contribution in [3.05, 3.63) is 30.0 Å². The lowest BCUT2D eigenvalue weighted by atomic mass is 10.2. The van der Waals surface area contributed by atoms with Crippen LogP contribution in [0.2, 0.25) is 0 Å². The smallest absolute Gasteiger partial charge is 0.272 e. The Kier molecular flexibility index (Phi) is 2.53. The number of benzene rings is 1. The average molecular weight is 230 g/mol. The lowest BCUT2D eigenvalue weighted by molar-refractivity contribution is 0.0936. The van der Waals surface area contributed by atoms with E-state index in [0.717, 1.165) is 30.4 Å². The van der Waals surface area contributed by atoms with Crippen molar-refractivity contribution in [1.82, 2.24) is 20.8 Å². The summed E-state index contributed by atoms with van der Waals surface area (Å²) in [6.07, 6.45) is 0.980. The number of aromatic amines is 1. The number of rotatable bonds is 2.